The van der Waals surface area contributed by atoms with Crippen molar-refractivity contribution in [3.8, 4) is 40.3 Å². The predicted octanol–water partition coefficient (Wildman–Crippen LogP) is 5.66. The Morgan fingerprint density at radius 2 is 1.92 bits per heavy atom. The highest BCUT2D eigenvalue weighted by Gasteiger charge is 2.33. The summed E-state index contributed by atoms with van der Waals surface area (Å²) >= 11 is 0. The van der Waals surface area contributed by atoms with Crippen LogP contribution in [-0.2, 0) is 4.79 Å². The molecule has 0 saturated carbocycles. The van der Waals surface area contributed by atoms with Crippen molar-refractivity contribution in [2.24, 2.45) is 0 Å². The molecule has 182 valence electrons. The van der Waals surface area contributed by atoms with Crippen LogP contribution in [0.2, 0.25) is 0 Å². The molecule has 7 heteroatoms. The van der Waals surface area contributed by atoms with E-state index in [0.29, 0.717) is 18.0 Å². The first-order valence-electron chi connectivity index (χ1n) is 12.1. The summed E-state index contributed by atoms with van der Waals surface area (Å²) in [4.78, 5) is 23.7. The normalized spacial score (nSPS) is 15.1. The molecule has 5 rings (SSSR count). The molecule has 0 N–H and O–H groups in total. The van der Waals surface area contributed by atoms with Crippen LogP contribution in [0.25, 0.3) is 16.8 Å². The van der Waals surface area contributed by atoms with E-state index in [1.165, 1.54) is 0 Å². The fourth-order valence-electron chi connectivity index (χ4n) is 4.57. The molecule has 1 atom stereocenters. The fourth-order valence-corrected chi connectivity index (χ4v) is 4.57. The zero-order chi connectivity index (χ0) is 25.1. The number of carbonyl (C=O) groups excluding carboxylic acids is 1. The van der Waals surface area contributed by atoms with Gasteiger partial charge in [0.1, 0.15) is 23.1 Å². The summed E-state index contributed by atoms with van der Waals surface area (Å²) in [7, 11) is 0. The summed E-state index contributed by atoms with van der Waals surface area (Å²) in [5.41, 5.74) is 2.65. The van der Waals surface area contributed by atoms with Crippen LogP contribution in [-0.4, -0.2) is 37.8 Å². The van der Waals surface area contributed by atoms with Crippen molar-refractivity contribution in [1.29, 1.82) is 0 Å². The van der Waals surface area contributed by atoms with E-state index in [9.17, 15) is 4.79 Å². The van der Waals surface area contributed by atoms with Gasteiger partial charge in [-0.3, -0.25) is 14.2 Å². The molecule has 3 heterocycles. The minimum Gasteiger partial charge on any atom is -0.491 e. The number of hydrogen-bond acceptors (Lipinski definition) is 5. The van der Waals surface area contributed by atoms with Gasteiger partial charge in [-0.15, -0.1) is 0 Å². The maximum atomic E-state index is 12.6. The number of fused-ring (bicyclic) bond motifs is 1. The molecular formula is C29H28N4O3. The Morgan fingerprint density at radius 1 is 1.11 bits per heavy atom. The van der Waals surface area contributed by atoms with Gasteiger partial charge in [0.05, 0.1) is 29.6 Å². The summed E-state index contributed by atoms with van der Waals surface area (Å²) in [6, 6.07) is 15.3. The van der Waals surface area contributed by atoms with Gasteiger partial charge >= 0.3 is 0 Å². The van der Waals surface area contributed by atoms with Crippen molar-refractivity contribution < 1.29 is 14.3 Å². The molecule has 0 bridgehead atoms. The second-order valence-electron chi connectivity index (χ2n) is 8.95. The van der Waals surface area contributed by atoms with Gasteiger partial charge in [0.15, 0.2) is 0 Å². The quantitative estimate of drug-likeness (QED) is 0.333. The first kappa shape index (κ1) is 23.4. The van der Waals surface area contributed by atoms with E-state index >= 15 is 0 Å². The average molecular weight is 481 g/mol. The number of amides is 1. The SMILES string of the molecule is CC#CC(=O)N1CCCC1c1nc(-c2ccc(Oc3cccc(OC(C)C)c3)cc2)c2cnccn12. The molecule has 7 nitrogen and oxygen atoms in total. The summed E-state index contributed by atoms with van der Waals surface area (Å²) < 4.78 is 13.8. The topological polar surface area (TPSA) is 69.0 Å². The number of imidazole rings is 1. The second-order valence-corrected chi connectivity index (χ2v) is 8.95. The number of ether oxygens (including phenoxy) is 2. The lowest BCUT2D eigenvalue weighted by atomic mass is 10.1. The molecule has 1 amide bonds. The minimum absolute atomic E-state index is 0.0951. The number of rotatable bonds is 6. The van der Waals surface area contributed by atoms with Gasteiger partial charge < -0.3 is 14.4 Å². The van der Waals surface area contributed by atoms with Crippen LogP contribution in [0, 0.1) is 11.8 Å². The third-order valence-corrected chi connectivity index (χ3v) is 6.06. The van der Waals surface area contributed by atoms with Gasteiger partial charge in [-0.1, -0.05) is 12.0 Å². The van der Waals surface area contributed by atoms with Crippen molar-refractivity contribution in [2.75, 3.05) is 6.54 Å². The van der Waals surface area contributed by atoms with Crippen LogP contribution in [0.1, 0.15) is 45.5 Å². The molecule has 0 aliphatic carbocycles. The summed E-state index contributed by atoms with van der Waals surface area (Å²) in [5.74, 6) is 8.27. The molecule has 36 heavy (non-hydrogen) atoms. The maximum absolute atomic E-state index is 12.6. The zero-order valence-electron chi connectivity index (χ0n) is 20.6. The zero-order valence-corrected chi connectivity index (χ0v) is 20.6. The molecule has 0 radical (unpaired) electrons. The first-order chi connectivity index (χ1) is 17.5. The summed E-state index contributed by atoms with van der Waals surface area (Å²) in [6.45, 7) is 6.35. The lowest BCUT2D eigenvalue weighted by molar-refractivity contribution is -0.126. The first-order valence-corrected chi connectivity index (χ1v) is 12.1. The van der Waals surface area contributed by atoms with E-state index in [-0.39, 0.29) is 18.1 Å². The van der Waals surface area contributed by atoms with Crippen molar-refractivity contribution in [3.63, 3.8) is 0 Å². The number of nitrogens with zero attached hydrogens (tertiary/aromatic N) is 4. The Hall–Kier alpha value is -4.31. The highest BCUT2D eigenvalue weighted by Crippen LogP contribution is 2.35. The molecule has 2 aromatic carbocycles. The van der Waals surface area contributed by atoms with Crippen LogP contribution >= 0.6 is 0 Å². The van der Waals surface area contributed by atoms with Crippen LogP contribution < -0.4 is 9.47 Å². The molecular weight excluding hydrogens is 452 g/mol. The van der Waals surface area contributed by atoms with E-state index in [1.54, 1.807) is 13.1 Å². The monoisotopic (exact) mass is 480 g/mol. The van der Waals surface area contributed by atoms with Gasteiger partial charge in [-0.2, -0.15) is 0 Å². The fraction of sp³-hybridized carbons (Fsp3) is 0.276. The van der Waals surface area contributed by atoms with Crippen molar-refractivity contribution in [2.45, 2.75) is 45.8 Å². The lowest BCUT2D eigenvalue weighted by Crippen LogP contribution is -2.30. The number of hydrogen-bond donors (Lipinski definition) is 0. The lowest BCUT2D eigenvalue weighted by Gasteiger charge is -2.21. The number of benzene rings is 2. The third kappa shape index (κ3) is 4.76. The van der Waals surface area contributed by atoms with Crippen molar-refractivity contribution >= 4 is 11.4 Å². The van der Waals surface area contributed by atoms with Crippen LogP contribution in [0.3, 0.4) is 0 Å². The van der Waals surface area contributed by atoms with Crippen molar-refractivity contribution in [3.05, 3.63) is 72.9 Å². The summed E-state index contributed by atoms with van der Waals surface area (Å²) in [6.07, 6.45) is 7.32. The molecule has 2 aromatic heterocycles. The van der Waals surface area contributed by atoms with Gasteiger partial charge in [-0.25, -0.2) is 4.98 Å². The maximum Gasteiger partial charge on any atom is 0.299 e. The highest BCUT2D eigenvalue weighted by atomic mass is 16.5. The highest BCUT2D eigenvalue weighted by molar-refractivity contribution is 5.94. The van der Waals surface area contributed by atoms with E-state index < -0.39 is 0 Å². The number of aromatic nitrogens is 3. The van der Waals surface area contributed by atoms with Gasteiger partial charge in [0, 0.05) is 30.6 Å². The predicted molar refractivity (Wildman–Crippen MR) is 138 cm³/mol. The van der Waals surface area contributed by atoms with Gasteiger partial charge in [-0.05, 0) is 75.9 Å². The smallest absolute Gasteiger partial charge is 0.299 e. The third-order valence-electron chi connectivity index (χ3n) is 6.06. The largest absolute Gasteiger partial charge is 0.491 e. The molecule has 1 saturated heterocycles. The van der Waals surface area contributed by atoms with Gasteiger partial charge in [0.25, 0.3) is 5.91 Å². The molecule has 4 aromatic rings. The molecule has 1 aliphatic rings. The van der Waals surface area contributed by atoms with Crippen LogP contribution in [0.4, 0.5) is 0 Å². The van der Waals surface area contributed by atoms with Gasteiger partial charge in [0.2, 0.25) is 0 Å². The molecule has 1 fully saturated rings. The van der Waals surface area contributed by atoms with E-state index in [2.05, 4.69) is 16.8 Å². The second kappa shape index (κ2) is 10.1. The average Bonchev–Trinajstić information content (AvgIpc) is 3.50. The molecule has 1 unspecified atom stereocenters. The van der Waals surface area contributed by atoms with Crippen molar-refractivity contribution in [1.82, 2.24) is 19.3 Å². The summed E-state index contributed by atoms with van der Waals surface area (Å²) in [5, 5.41) is 0. The van der Waals surface area contributed by atoms with E-state index in [0.717, 1.165) is 41.2 Å². The number of carbonyl (C=O) groups is 1. The standard InChI is InChI=1S/C29H28N4O3/c1-4-7-27(34)32-16-6-10-25(32)29-31-28(26-19-30-15-17-33(26)29)21-11-13-22(14-12-21)36-24-9-5-8-23(18-24)35-20(2)3/h5,8-9,11-15,17-20,25H,6,10,16H2,1-3H3. The molecule has 1 aliphatic heterocycles. The Morgan fingerprint density at radius 3 is 2.69 bits per heavy atom. The van der Waals surface area contributed by atoms with Crippen LogP contribution in [0.5, 0.6) is 17.2 Å². The van der Waals surface area contributed by atoms with E-state index in [4.69, 9.17) is 14.5 Å². The minimum atomic E-state index is -0.156. The van der Waals surface area contributed by atoms with Crippen LogP contribution in [0.15, 0.2) is 67.1 Å². The Kier molecular flexibility index (Phi) is 6.59. The Labute approximate surface area is 210 Å². The molecule has 0 spiro atoms. The van der Waals surface area contributed by atoms with E-state index in [1.807, 2.05) is 84.1 Å². The Balaban J connectivity index is 1.43. The Bertz CT molecular complexity index is 1450. The number of likely N-dealkylation sites (tertiary alicyclic amines) is 1.